The van der Waals surface area contributed by atoms with Crippen molar-refractivity contribution in [3.63, 3.8) is 0 Å². The maximum absolute atomic E-state index is 13.3. The number of hydrogen-bond donors (Lipinski definition) is 2. The molecule has 0 aliphatic carbocycles. The number of anilines is 2. The summed E-state index contributed by atoms with van der Waals surface area (Å²) in [5.41, 5.74) is 2.37. The lowest BCUT2D eigenvalue weighted by molar-refractivity contribution is 0.249. The first-order valence-corrected chi connectivity index (χ1v) is 8.24. The minimum absolute atomic E-state index is 0.0211. The first-order valence-electron chi connectivity index (χ1n) is 7.86. The summed E-state index contributed by atoms with van der Waals surface area (Å²) in [4.78, 5) is 14.3. The van der Waals surface area contributed by atoms with Gasteiger partial charge in [0.15, 0.2) is 0 Å². The second-order valence-corrected chi connectivity index (χ2v) is 6.33. The molecule has 1 unspecified atom stereocenters. The molecular formula is C18H19ClFN3O. The summed E-state index contributed by atoms with van der Waals surface area (Å²) in [5.74, 6) is -0.252. The van der Waals surface area contributed by atoms with Crippen LogP contribution in [0, 0.1) is 12.7 Å². The smallest absolute Gasteiger partial charge is 0.319 e. The molecule has 0 saturated carbocycles. The van der Waals surface area contributed by atoms with E-state index in [0.29, 0.717) is 17.3 Å². The molecule has 0 aromatic heterocycles. The molecular weight excluding hydrogens is 329 g/mol. The number of rotatable bonds is 3. The van der Waals surface area contributed by atoms with Gasteiger partial charge in [-0.1, -0.05) is 23.7 Å². The fraction of sp³-hybridized carbons (Fsp3) is 0.278. The maximum atomic E-state index is 13.3. The molecule has 1 aliphatic rings. The first kappa shape index (κ1) is 16.6. The lowest BCUT2D eigenvalue weighted by Crippen LogP contribution is -2.39. The van der Waals surface area contributed by atoms with Crippen LogP contribution in [0.4, 0.5) is 20.6 Å². The largest absolute Gasteiger partial charge is 0.369 e. The summed E-state index contributed by atoms with van der Waals surface area (Å²) < 4.78 is 13.3. The quantitative estimate of drug-likeness (QED) is 0.874. The summed E-state index contributed by atoms with van der Waals surface area (Å²) in [7, 11) is 0. The summed E-state index contributed by atoms with van der Waals surface area (Å²) >= 11 is 6.06. The van der Waals surface area contributed by atoms with E-state index in [2.05, 4.69) is 15.5 Å². The summed E-state index contributed by atoms with van der Waals surface area (Å²) in [6, 6.07) is 11.7. The van der Waals surface area contributed by atoms with Crippen molar-refractivity contribution < 1.29 is 9.18 Å². The molecule has 1 aliphatic heterocycles. The molecule has 2 N–H and O–H groups in total. The van der Waals surface area contributed by atoms with Gasteiger partial charge in [-0.3, -0.25) is 0 Å². The van der Waals surface area contributed by atoms with Crippen LogP contribution in [-0.2, 0) is 0 Å². The Bertz CT molecular complexity index is 753. The van der Waals surface area contributed by atoms with E-state index < -0.39 is 0 Å². The van der Waals surface area contributed by atoms with Crippen LogP contribution in [-0.4, -0.2) is 25.2 Å². The number of nitrogens with one attached hydrogen (secondary N) is 2. The number of halogens is 2. The molecule has 3 rings (SSSR count). The molecule has 24 heavy (non-hydrogen) atoms. The summed E-state index contributed by atoms with van der Waals surface area (Å²) in [6.07, 6.45) is 0.818. The summed E-state index contributed by atoms with van der Waals surface area (Å²) in [6.45, 7) is 3.30. The van der Waals surface area contributed by atoms with Crippen LogP contribution in [0.1, 0.15) is 12.0 Å². The van der Waals surface area contributed by atoms with E-state index in [4.69, 9.17) is 11.6 Å². The van der Waals surface area contributed by atoms with Crippen LogP contribution >= 0.6 is 11.6 Å². The first-order chi connectivity index (χ1) is 11.5. The molecule has 1 heterocycles. The molecule has 1 atom stereocenters. The highest BCUT2D eigenvalue weighted by atomic mass is 35.5. The van der Waals surface area contributed by atoms with E-state index in [0.717, 1.165) is 24.2 Å². The third kappa shape index (κ3) is 3.79. The number of amides is 2. The van der Waals surface area contributed by atoms with Crippen molar-refractivity contribution in [1.82, 2.24) is 5.32 Å². The number of carbonyl (C=O) groups excluding carboxylic acids is 1. The number of hydrogen-bond acceptors (Lipinski definition) is 2. The van der Waals surface area contributed by atoms with Gasteiger partial charge in [0.1, 0.15) is 5.82 Å². The molecule has 6 heteroatoms. The van der Waals surface area contributed by atoms with E-state index >= 15 is 0 Å². The van der Waals surface area contributed by atoms with Crippen LogP contribution in [0.3, 0.4) is 0 Å². The van der Waals surface area contributed by atoms with Gasteiger partial charge < -0.3 is 15.5 Å². The maximum Gasteiger partial charge on any atom is 0.319 e. The zero-order valence-electron chi connectivity index (χ0n) is 13.4. The van der Waals surface area contributed by atoms with Crippen molar-refractivity contribution in [3.05, 3.63) is 58.9 Å². The van der Waals surface area contributed by atoms with Gasteiger partial charge in [-0.15, -0.1) is 0 Å². The standard InChI is InChI=1S/C18H19ClFN3O/c1-12-16(19)6-3-7-17(12)22-18(24)21-14-8-9-23(11-14)15-5-2-4-13(20)10-15/h2-7,10,14H,8-9,11H2,1H3,(H2,21,22,24). The molecule has 0 radical (unpaired) electrons. The lowest BCUT2D eigenvalue weighted by atomic mass is 10.2. The number of carbonyl (C=O) groups is 1. The Morgan fingerprint density at radius 1 is 1.29 bits per heavy atom. The average Bonchev–Trinajstić information content (AvgIpc) is 3.00. The fourth-order valence-corrected chi connectivity index (χ4v) is 3.05. The number of nitrogens with zero attached hydrogens (tertiary/aromatic N) is 1. The van der Waals surface area contributed by atoms with Crippen molar-refractivity contribution in [1.29, 1.82) is 0 Å². The second kappa shape index (κ2) is 7.09. The van der Waals surface area contributed by atoms with Crippen LogP contribution < -0.4 is 15.5 Å². The summed E-state index contributed by atoms with van der Waals surface area (Å²) in [5, 5.41) is 6.41. The van der Waals surface area contributed by atoms with Gasteiger partial charge in [0, 0.05) is 35.5 Å². The second-order valence-electron chi connectivity index (χ2n) is 5.92. The van der Waals surface area contributed by atoms with Gasteiger partial charge in [0.2, 0.25) is 0 Å². The van der Waals surface area contributed by atoms with Crippen molar-refractivity contribution in [2.45, 2.75) is 19.4 Å². The predicted octanol–water partition coefficient (Wildman–Crippen LogP) is 4.19. The Hall–Kier alpha value is -2.27. The Balaban J connectivity index is 1.57. The highest BCUT2D eigenvalue weighted by molar-refractivity contribution is 6.31. The third-order valence-electron chi connectivity index (χ3n) is 4.21. The minimum atomic E-state index is -0.258. The van der Waals surface area contributed by atoms with Gasteiger partial charge >= 0.3 is 6.03 Å². The van der Waals surface area contributed by atoms with Crippen molar-refractivity contribution in [3.8, 4) is 0 Å². The molecule has 126 valence electrons. The van der Waals surface area contributed by atoms with Crippen LogP contribution in [0.25, 0.3) is 0 Å². The Kier molecular flexibility index (Phi) is 4.90. The molecule has 4 nitrogen and oxygen atoms in total. The number of urea groups is 1. The average molecular weight is 348 g/mol. The molecule has 0 spiro atoms. The lowest BCUT2D eigenvalue weighted by Gasteiger charge is -2.19. The fourth-order valence-electron chi connectivity index (χ4n) is 2.87. The monoisotopic (exact) mass is 347 g/mol. The molecule has 0 bridgehead atoms. The van der Waals surface area contributed by atoms with Crippen LogP contribution in [0.5, 0.6) is 0 Å². The van der Waals surface area contributed by atoms with Gasteiger partial charge in [-0.2, -0.15) is 0 Å². The van der Waals surface area contributed by atoms with Gasteiger partial charge in [-0.05, 0) is 49.2 Å². The number of benzene rings is 2. The molecule has 2 aromatic carbocycles. The van der Waals surface area contributed by atoms with Crippen LogP contribution in [0.2, 0.25) is 5.02 Å². The zero-order valence-corrected chi connectivity index (χ0v) is 14.1. The molecule has 1 fully saturated rings. The Morgan fingerprint density at radius 3 is 2.88 bits per heavy atom. The van der Waals surface area contributed by atoms with Gasteiger partial charge in [0.25, 0.3) is 0 Å². The van der Waals surface area contributed by atoms with E-state index in [1.165, 1.54) is 12.1 Å². The normalized spacial score (nSPS) is 17.0. The molecule has 1 saturated heterocycles. The van der Waals surface area contributed by atoms with E-state index in [1.807, 2.05) is 19.1 Å². The zero-order chi connectivity index (χ0) is 17.1. The van der Waals surface area contributed by atoms with Gasteiger partial charge in [-0.25, -0.2) is 9.18 Å². The van der Waals surface area contributed by atoms with Crippen molar-refractivity contribution >= 4 is 29.0 Å². The minimum Gasteiger partial charge on any atom is -0.369 e. The SMILES string of the molecule is Cc1c(Cl)cccc1NC(=O)NC1CCN(c2cccc(F)c2)C1. The van der Waals surface area contributed by atoms with Gasteiger partial charge in [0.05, 0.1) is 0 Å². The molecule has 2 aromatic rings. The Labute approximate surface area is 145 Å². The van der Waals surface area contributed by atoms with E-state index in [-0.39, 0.29) is 17.9 Å². The topological polar surface area (TPSA) is 44.4 Å². The third-order valence-corrected chi connectivity index (χ3v) is 4.62. The van der Waals surface area contributed by atoms with Crippen LogP contribution in [0.15, 0.2) is 42.5 Å². The van der Waals surface area contributed by atoms with Crippen molar-refractivity contribution in [2.24, 2.45) is 0 Å². The molecule has 2 amide bonds. The highest BCUT2D eigenvalue weighted by Crippen LogP contribution is 2.23. The van der Waals surface area contributed by atoms with E-state index in [9.17, 15) is 9.18 Å². The highest BCUT2D eigenvalue weighted by Gasteiger charge is 2.24. The van der Waals surface area contributed by atoms with Crippen molar-refractivity contribution in [2.75, 3.05) is 23.3 Å². The predicted molar refractivity (Wildman–Crippen MR) is 95.4 cm³/mol. The van der Waals surface area contributed by atoms with E-state index in [1.54, 1.807) is 18.2 Å². The Morgan fingerprint density at radius 2 is 2.08 bits per heavy atom.